The first kappa shape index (κ1) is 19.0. The Hall–Kier alpha value is -0.00870. The molecule has 2 rings (SSSR count). The molecule has 108 valence electrons. The van der Waals surface area contributed by atoms with Gasteiger partial charge in [0.1, 0.15) is 5.75 Å². The van der Waals surface area contributed by atoms with E-state index < -0.39 is 12.4 Å². The van der Waals surface area contributed by atoms with E-state index >= 15 is 0 Å². The first-order valence-electron chi connectivity index (χ1n) is 6.80. The minimum Gasteiger partial charge on any atom is -0.491 e. The molecule has 0 amide bonds. The molecule has 6 heteroatoms. The van der Waals surface area contributed by atoms with Gasteiger partial charge in [-0.15, -0.1) is 5.46 Å². The fraction of sp³-hybridized carbons (Fsp3) is 0.333. The van der Waals surface area contributed by atoms with Crippen LogP contribution in [0.3, 0.4) is 0 Å². The fourth-order valence-corrected chi connectivity index (χ4v) is 2.22. The summed E-state index contributed by atoms with van der Waals surface area (Å²) in [5.41, 5.74) is -0.564. The zero-order valence-electron chi connectivity index (χ0n) is 12.6. The van der Waals surface area contributed by atoms with Gasteiger partial charge < -0.3 is 17.7 Å². The number of hydrogen-bond donors (Lipinski definition) is 0. The van der Waals surface area contributed by atoms with Crippen molar-refractivity contribution < 1.29 is 69.1 Å². The van der Waals surface area contributed by atoms with E-state index in [0.29, 0.717) is 11.1 Å². The molecule has 1 nitrogen and oxygen atoms in total. The summed E-state index contributed by atoms with van der Waals surface area (Å²) in [7, 11) is 0. The summed E-state index contributed by atoms with van der Waals surface area (Å²) in [5.74, 6) is 0.698. The van der Waals surface area contributed by atoms with Crippen molar-refractivity contribution in [3.8, 4) is 5.75 Å². The molecule has 2 aromatic rings. The van der Waals surface area contributed by atoms with Gasteiger partial charge in [-0.05, 0) is 36.2 Å². The number of ether oxygens (including phenoxy) is 1. The van der Waals surface area contributed by atoms with E-state index in [1.54, 1.807) is 18.2 Å². The van der Waals surface area contributed by atoms with Crippen molar-refractivity contribution >= 4 is 23.2 Å². The monoisotopic (exact) mass is 320 g/mol. The molecule has 0 N–H and O–H groups in total. The molecule has 21 heavy (non-hydrogen) atoms. The molecule has 0 aliphatic heterocycles. The molecule has 0 radical (unpaired) electrons. The Morgan fingerprint density at radius 3 is 2.29 bits per heavy atom. The molecule has 0 aromatic heterocycles. The Labute approximate surface area is 165 Å². The molecule has 0 saturated carbocycles. The fourth-order valence-electron chi connectivity index (χ4n) is 2.22. The van der Waals surface area contributed by atoms with Gasteiger partial charge in [0.25, 0.3) is 0 Å². The van der Waals surface area contributed by atoms with Crippen LogP contribution < -0.4 is 61.6 Å². The number of hydrogen-bond acceptors (Lipinski definition) is 1. The quantitative estimate of drug-likeness (QED) is 0.758. The van der Waals surface area contributed by atoms with Gasteiger partial charge in [-0.2, -0.15) is 0 Å². The molecular weight excluding hydrogens is 303 g/mol. The molecule has 0 spiro atoms. The Morgan fingerprint density at radius 2 is 1.67 bits per heavy atom. The minimum absolute atomic E-state index is 0. The van der Waals surface area contributed by atoms with Crippen molar-refractivity contribution in [1.82, 2.24) is 0 Å². The Balaban J connectivity index is 0.00000220. The second-order valence-corrected chi connectivity index (χ2v) is 5.06. The van der Waals surface area contributed by atoms with E-state index in [2.05, 4.69) is 6.92 Å². The topological polar surface area (TPSA) is 9.23 Å². The Bertz CT molecular complexity index is 601. The maximum atomic E-state index is 12.7. The van der Waals surface area contributed by atoms with E-state index in [0.717, 1.165) is 24.3 Å². The predicted molar refractivity (Wildman–Crippen MR) is 77.7 cm³/mol. The van der Waals surface area contributed by atoms with Crippen LogP contribution in [0.4, 0.5) is 12.9 Å². The third-order valence-corrected chi connectivity index (χ3v) is 3.25. The summed E-state index contributed by atoms with van der Waals surface area (Å²) >= 11 is 0. The van der Waals surface area contributed by atoms with E-state index in [4.69, 9.17) is 4.74 Å². The third kappa shape index (κ3) is 5.29. The van der Waals surface area contributed by atoms with Crippen LogP contribution in [0.1, 0.15) is 26.7 Å². The first-order valence-corrected chi connectivity index (χ1v) is 6.80. The Kier molecular flexibility index (Phi) is 7.27. The normalized spacial score (nSPS) is 12.8. The van der Waals surface area contributed by atoms with Crippen LogP contribution in [-0.2, 0) is 0 Å². The zero-order valence-corrected chi connectivity index (χ0v) is 15.7. The van der Waals surface area contributed by atoms with Crippen molar-refractivity contribution in [3.63, 3.8) is 0 Å². The standard InChI is InChI=1S/C15H17BF3O.K/c1-3-4-11(2)20-15-8-6-12-9-14(16(17,18)19)7-5-13(12)10-15;/h5-11H,3-4H2,1-2H3;/q-1;+1. The average molecular weight is 320 g/mol. The van der Waals surface area contributed by atoms with Crippen LogP contribution in [0.15, 0.2) is 36.4 Å². The van der Waals surface area contributed by atoms with Crippen molar-refractivity contribution in [2.75, 3.05) is 0 Å². The van der Waals surface area contributed by atoms with E-state index in [1.165, 1.54) is 12.1 Å². The molecule has 0 fully saturated rings. The molecule has 0 heterocycles. The summed E-state index contributed by atoms with van der Waals surface area (Å²) in [4.78, 5) is 0. The maximum Gasteiger partial charge on any atom is 1.00 e. The first-order chi connectivity index (χ1) is 9.40. The molecule has 2 aromatic carbocycles. The third-order valence-electron chi connectivity index (χ3n) is 3.25. The van der Waals surface area contributed by atoms with Gasteiger partial charge in [0.2, 0.25) is 0 Å². The molecule has 1 unspecified atom stereocenters. The van der Waals surface area contributed by atoms with Crippen molar-refractivity contribution in [1.29, 1.82) is 0 Å². The van der Waals surface area contributed by atoms with Crippen molar-refractivity contribution in [2.45, 2.75) is 32.8 Å². The number of fused-ring (bicyclic) bond motifs is 1. The predicted octanol–water partition coefficient (Wildman–Crippen LogP) is 1.47. The summed E-state index contributed by atoms with van der Waals surface area (Å²) in [5, 5.41) is 1.34. The molecule has 0 saturated heterocycles. The molecule has 0 bridgehead atoms. The van der Waals surface area contributed by atoms with Crippen LogP contribution in [0, 0.1) is 0 Å². The van der Waals surface area contributed by atoms with Crippen LogP contribution in [-0.4, -0.2) is 13.1 Å². The number of rotatable bonds is 5. The van der Waals surface area contributed by atoms with Crippen LogP contribution in [0.2, 0.25) is 0 Å². The number of benzene rings is 2. The summed E-state index contributed by atoms with van der Waals surface area (Å²) in [6, 6.07) is 9.00. The minimum atomic E-state index is -4.95. The van der Waals surface area contributed by atoms with Gasteiger partial charge in [0, 0.05) is 0 Å². The summed E-state index contributed by atoms with van der Waals surface area (Å²) < 4.78 is 43.8. The SMILES string of the molecule is CCCC(C)Oc1ccc2cc([B-](F)(F)F)ccc2c1.[K+]. The van der Waals surface area contributed by atoms with Gasteiger partial charge in [0.05, 0.1) is 6.10 Å². The van der Waals surface area contributed by atoms with Gasteiger partial charge in [0.15, 0.2) is 0 Å². The smallest absolute Gasteiger partial charge is 0.491 e. The maximum absolute atomic E-state index is 12.7. The van der Waals surface area contributed by atoms with Crippen LogP contribution in [0.5, 0.6) is 5.75 Å². The summed E-state index contributed by atoms with van der Waals surface area (Å²) in [6.45, 7) is -0.875. The second-order valence-electron chi connectivity index (χ2n) is 5.06. The van der Waals surface area contributed by atoms with Gasteiger partial charge >= 0.3 is 58.4 Å². The van der Waals surface area contributed by atoms with Crippen LogP contribution >= 0.6 is 0 Å². The molecule has 1 atom stereocenters. The van der Waals surface area contributed by atoms with E-state index in [-0.39, 0.29) is 57.5 Å². The van der Waals surface area contributed by atoms with E-state index in [9.17, 15) is 12.9 Å². The number of halogens is 3. The van der Waals surface area contributed by atoms with Gasteiger partial charge in [-0.1, -0.05) is 37.6 Å². The molecule has 0 aliphatic carbocycles. The van der Waals surface area contributed by atoms with Gasteiger partial charge in [-0.25, -0.2) is 0 Å². The average Bonchev–Trinajstić information content (AvgIpc) is 2.37. The Morgan fingerprint density at radius 1 is 1.05 bits per heavy atom. The largest absolute Gasteiger partial charge is 1.00 e. The van der Waals surface area contributed by atoms with Gasteiger partial charge in [-0.3, -0.25) is 0 Å². The second kappa shape index (κ2) is 8.02. The molecule has 0 aliphatic rings. The van der Waals surface area contributed by atoms with Crippen molar-refractivity contribution in [3.05, 3.63) is 36.4 Å². The molecular formula is C15H17BF3KO. The zero-order chi connectivity index (χ0) is 14.8. The van der Waals surface area contributed by atoms with Crippen molar-refractivity contribution in [2.24, 2.45) is 0 Å². The van der Waals surface area contributed by atoms with Crippen LogP contribution in [0.25, 0.3) is 10.8 Å². The summed E-state index contributed by atoms with van der Waals surface area (Å²) in [6.07, 6.45) is 2.09. The van der Waals surface area contributed by atoms with E-state index in [1.807, 2.05) is 6.92 Å².